The molecule has 1 heterocycles. The third kappa shape index (κ3) is 4.28. The van der Waals surface area contributed by atoms with Crippen molar-refractivity contribution >= 4 is 22.5 Å². The number of aliphatic hydroxyl groups is 1. The summed E-state index contributed by atoms with van der Waals surface area (Å²) >= 11 is 0. The number of likely N-dealkylation sites (N-methyl/N-ethyl adjacent to an activating group) is 1. The molecule has 0 unspecified atom stereocenters. The highest BCUT2D eigenvalue weighted by Crippen LogP contribution is 2.22. The number of fused-ring (bicyclic) bond motifs is 1. The molecule has 1 amide bonds. The lowest BCUT2D eigenvalue weighted by Gasteiger charge is -2.17. The minimum absolute atomic E-state index is 0.0320. The van der Waals surface area contributed by atoms with E-state index in [4.69, 9.17) is 0 Å². The zero-order valence-electron chi connectivity index (χ0n) is 16.7. The number of rotatable bonds is 6. The Hall–Kier alpha value is -3.63. The lowest BCUT2D eigenvalue weighted by atomic mass is 10.1. The number of amides is 1. The molecule has 1 aromatic heterocycles. The molecule has 29 heavy (non-hydrogen) atoms. The Morgan fingerprint density at radius 2 is 1.93 bits per heavy atom. The Labute approximate surface area is 169 Å². The van der Waals surface area contributed by atoms with Crippen molar-refractivity contribution in [2.75, 3.05) is 20.6 Å². The Kier molecular flexibility index (Phi) is 5.96. The number of nitrogens with zero attached hydrogens (tertiary/aromatic N) is 4. The highest BCUT2D eigenvalue weighted by atomic mass is 16.3. The molecule has 0 saturated heterocycles. The molecule has 0 aliphatic carbocycles. The molecular formula is C22H23N5O2. The highest BCUT2D eigenvalue weighted by Gasteiger charge is 2.17. The van der Waals surface area contributed by atoms with E-state index < -0.39 is 0 Å². The van der Waals surface area contributed by atoms with Gasteiger partial charge in [0.15, 0.2) is 5.82 Å². The van der Waals surface area contributed by atoms with Crippen LogP contribution in [0, 0.1) is 11.3 Å². The van der Waals surface area contributed by atoms with Crippen molar-refractivity contribution < 1.29 is 9.90 Å². The lowest BCUT2D eigenvalue weighted by Crippen LogP contribution is -2.22. The van der Waals surface area contributed by atoms with E-state index in [2.05, 4.69) is 16.4 Å². The number of benzene rings is 2. The molecule has 148 valence electrons. The summed E-state index contributed by atoms with van der Waals surface area (Å²) in [5.41, 5.74) is 3.41. The molecule has 7 nitrogen and oxygen atoms in total. The number of aryl methyl sites for hydroxylation is 1. The maximum Gasteiger partial charge on any atom is 0.251 e. The van der Waals surface area contributed by atoms with Gasteiger partial charge in [0.2, 0.25) is 0 Å². The lowest BCUT2D eigenvalue weighted by molar-refractivity contribution is 0.0963. The van der Waals surface area contributed by atoms with Crippen molar-refractivity contribution in [1.29, 1.82) is 5.26 Å². The SMILES string of the molecule is CNC(=O)c1ccc(CN(C)C/C(O)=C(\C#N)c2nc3ccccc3n2C)cc1. The van der Waals surface area contributed by atoms with E-state index in [1.807, 2.05) is 60.0 Å². The van der Waals surface area contributed by atoms with Gasteiger partial charge in [-0.2, -0.15) is 5.26 Å². The zero-order chi connectivity index (χ0) is 21.0. The van der Waals surface area contributed by atoms with Crippen LogP contribution in [0.5, 0.6) is 0 Å². The molecule has 7 heteroatoms. The van der Waals surface area contributed by atoms with Crippen molar-refractivity contribution in [1.82, 2.24) is 19.8 Å². The minimum atomic E-state index is -0.133. The predicted molar refractivity (Wildman–Crippen MR) is 112 cm³/mol. The van der Waals surface area contributed by atoms with Gasteiger partial charge >= 0.3 is 0 Å². The van der Waals surface area contributed by atoms with Crippen molar-refractivity contribution in [2.24, 2.45) is 7.05 Å². The summed E-state index contributed by atoms with van der Waals surface area (Å²) in [7, 11) is 5.27. The second-order valence-corrected chi connectivity index (χ2v) is 6.86. The van der Waals surface area contributed by atoms with E-state index in [1.165, 1.54) is 0 Å². The maximum absolute atomic E-state index is 11.6. The van der Waals surface area contributed by atoms with Crippen LogP contribution in [0.2, 0.25) is 0 Å². The first-order chi connectivity index (χ1) is 13.9. The third-order valence-corrected chi connectivity index (χ3v) is 4.73. The van der Waals surface area contributed by atoms with E-state index in [0.29, 0.717) is 17.9 Å². The van der Waals surface area contributed by atoms with Crippen molar-refractivity contribution in [3.8, 4) is 6.07 Å². The number of aromatic nitrogens is 2. The monoisotopic (exact) mass is 389 g/mol. The van der Waals surface area contributed by atoms with E-state index in [1.54, 1.807) is 19.2 Å². The largest absolute Gasteiger partial charge is 0.509 e. The summed E-state index contributed by atoms with van der Waals surface area (Å²) in [4.78, 5) is 18.0. The van der Waals surface area contributed by atoms with E-state index in [9.17, 15) is 15.2 Å². The molecule has 2 aromatic carbocycles. The van der Waals surface area contributed by atoms with Gasteiger partial charge in [-0.05, 0) is 36.9 Å². The standard InChI is InChI=1S/C22H23N5O2/c1-24-22(29)16-10-8-15(9-11-16)13-26(2)14-20(28)17(12-23)21-25-18-6-4-5-7-19(18)27(21)3/h4-11,28H,13-14H2,1-3H3,(H,24,29)/b20-17-. The summed E-state index contributed by atoms with van der Waals surface area (Å²) < 4.78 is 1.81. The first-order valence-electron chi connectivity index (χ1n) is 9.18. The maximum atomic E-state index is 11.6. The van der Waals surface area contributed by atoms with Crippen LogP contribution in [-0.4, -0.2) is 46.1 Å². The summed E-state index contributed by atoms with van der Waals surface area (Å²) in [6, 6.07) is 17.0. The Balaban J connectivity index is 1.78. The molecule has 3 aromatic rings. The van der Waals surface area contributed by atoms with Gasteiger partial charge in [0, 0.05) is 26.2 Å². The topological polar surface area (TPSA) is 94.2 Å². The summed E-state index contributed by atoms with van der Waals surface area (Å²) in [5.74, 6) is 0.275. The van der Waals surface area contributed by atoms with Crippen LogP contribution in [0.1, 0.15) is 21.7 Å². The number of carbonyl (C=O) groups is 1. The van der Waals surface area contributed by atoms with E-state index >= 15 is 0 Å². The van der Waals surface area contributed by atoms with Crippen LogP contribution in [0.4, 0.5) is 0 Å². The normalized spacial score (nSPS) is 12.0. The van der Waals surface area contributed by atoms with Crippen molar-refractivity contribution in [3.63, 3.8) is 0 Å². The van der Waals surface area contributed by atoms with Crippen LogP contribution in [0.25, 0.3) is 16.6 Å². The van der Waals surface area contributed by atoms with Crippen LogP contribution < -0.4 is 5.32 Å². The number of hydrogen-bond donors (Lipinski definition) is 2. The van der Waals surface area contributed by atoms with Gasteiger partial charge < -0.3 is 15.0 Å². The quantitative estimate of drug-likeness (QED) is 0.499. The van der Waals surface area contributed by atoms with Crippen molar-refractivity contribution in [3.05, 3.63) is 71.2 Å². The van der Waals surface area contributed by atoms with Crippen LogP contribution in [0.3, 0.4) is 0 Å². The average Bonchev–Trinajstić information content (AvgIpc) is 3.05. The Bertz CT molecular complexity index is 1110. The van der Waals surface area contributed by atoms with Gasteiger partial charge in [-0.3, -0.25) is 9.69 Å². The smallest absolute Gasteiger partial charge is 0.251 e. The van der Waals surface area contributed by atoms with E-state index in [-0.39, 0.29) is 23.8 Å². The van der Waals surface area contributed by atoms with Gasteiger partial charge in [-0.1, -0.05) is 24.3 Å². The fourth-order valence-electron chi connectivity index (χ4n) is 3.22. The molecule has 0 fully saturated rings. The highest BCUT2D eigenvalue weighted by molar-refractivity contribution is 5.93. The summed E-state index contributed by atoms with van der Waals surface area (Å²) in [6.45, 7) is 0.753. The van der Waals surface area contributed by atoms with Crippen LogP contribution >= 0.6 is 0 Å². The third-order valence-electron chi connectivity index (χ3n) is 4.73. The molecule has 0 saturated carbocycles. The Morgan fingerprint density at radius 3 is 2.55 bits per heavy atom. The second-order valence-electron chi connectivity index (χ2n) is 6.86. The second kappa shape index (κ2) is 8.59. The van der Waals surface area contributed by atoms with Gasteiger partial charge in [-0.25, -0.2) is 4.98 Å². The molecule has 0 radical (unpaired) electrons. The molecule has 0 atom stereocenters. The van der Waals surface area contributed by atoms with Crippen LogP contribution in [-0.2, 0) is 13.6 Å². The van der Waals surface area contributed by atoms with Gasteiger partial charge in [0.05, 0.1) is 17.6 Å². The molecule has 2 N–H and O–H groups in total. The fourth-order valence-corrected chi connectivity index (χ4v) is 3.22. The Morgan fingerprint density at radius 1 is 1.24 bits per heavy atom. The summed E-state index contributed by atoms with van der Waals surface area (Å²) in [6.07, 6.45) is 0. The number of aliphatic hydroxyl groups excluding tert-OH is 1. The summed E-state index contributed by atoms with van der Waals surface area (Å²) in [5, 5.41) is 22.8. The molecule has 0 bridgehead atoms. The molecule has 0 spiro atoms. The van der Waals surface area contributed by atoms with Crippen molar-refractivity contribution in [2.45, 2.75) is 6.54 Å². The number of allylic oxidation sites excluding steroid dienone is 1. The predicted octanol–water partition coefficient (Wildman–Crippen LogP) is 2.86. The average molecular weight is 389 g/mol. The fraction of sp³-hybridized carbons (Fsp3) is 0.227. The number of nitrogens with one attached hydrogen (secondary N) is 1. The number of imidazole rings is 1. The zero-order valence-corrected chi connectivity index (χ0v) is 16.7. The number of carbonyl (C=O) groups excluding carboxylic acids is 1. The number of para-hydroxylation sites is 2. The van der Waals surface area contributed by atoms with Gasteiger partial charge in [-0.15, -0.1) is 0 Å². The molecule has 0 aliphatic rings. The van der Waals surface area contributed by atoms with E-state index in [0.717, 1.165) is 16.6 Å². The molecular weight excluding hydrogens is 366 g/mol. The molecule has 0 aliphatic heterocycles. The minimum Gasteiger partial charge on any atom is -0.509 e. The first kappa shape index (κ1) is 20.1. The van der Waals surface area contributed by atoms with Gasteiger partial charge in [0.25, 0.3) is 5.91 Å². The first-order valence-corrected chi connectivity index (χ1v) is 9.18. The number of nitriles is 1. The molecule has 3 rings (SSSR count). The number of hydrogen-bond acceptors (Lipinski definition) is 5. The van der Waals surface area contributed by atoms with Gasteiger partial charge in [0.1, 0.15) is 17.4 Å². The van der Waals surface area contributed by atoms with Crippen LogP contribution in [0.15, 0.2) is 54.3 Å².